The number of rotatable bonds is 2. The van der Waals surface area contributed by atoms with Crippen LogP contribution in [0, 0.1) is 18.3 Å². The molecule has 0 atom stereocenters. The van der Waals surface area contributed by atoms with Gasteiger partial charge in [-0.05, 0) is 29.5 Å². The molecule has 1 N–H and O–H groups in total. The molecule has 0 heterocycles. The van der Waals surface area contributed by atoms with Crippen molar-refractivity contribution in [2.45, 2.75) is 33.1 Å². The molecule has 2 heteroatoms. The van der Waals surface area contributed by atoms with E-state index in [9.17, 15) is 0 Å². The average molecular weight is 202 g/mol. The van der Waals surface area contributed by atoms with Crippen molar-refractivity contribution in [3.63, 3.8) is 0 Å². The highest BCUT2D eigenvalue weighted by Crippen LogP contribution is 2.26. The number of nitriles is 1. The van der Waals surface area contributed by atoms with E-state index in [1.54, 1.807) is 0 Å². The van der Waals surface area contributed by atoms with E-state index in [4.69, 9.17) is 5.26 Å². The molecule has 2 nitrogen and oxygen atoms in total. The second-order valence-electron chi connectivity index (χ2n) is 4.79. The van der Waals surface area contributed by atoms with Crippen LogP contribution in [0.4, 0.5) is 5.69 Å². The van der Waals surface area contributed by atoms with Crippen molar-refractivity contribution in [3.05, 3.63) is 29.3 Å². The third kappa shape index (κ3) is 2.99. The van der Waals surface area contributed by atoms with Gasteiger partial charge < -0.3 is 5.32 Å². The molecule has 0 spiro atoms. The Labute approximate surface area is 91.9 Å². The maximum absolute atomic E-state index is 8.54. The highest BCUT2D eigenvalue weighted by molar-refractivity contribution is 5.54. The van der Waals surface area contributed by atoms with E-state index >= 15 is 0 Å². The molecule has 15 heavy (non-hydrogen) atoms. The van der Waals surface area contributed by atoms with Gasteiger partial charge in [-0.2, -0.15) is 5.26 Å². The summed E-state index contributed by atoms with van der Waals surface area (Å²) >= 11 is 0. The largest absolute Gasteiger partial charge is 0.372 e. The van der Waals surface area contributed by atoms with Crippen LogP contribution in [0.25, 0.3) is 0 Å². The van der Waals surface area contributed by atoms with Gasteiger partial charge >= 0.3 is 0 Å². The second kappa shape index (κ2) is 4.35. The molecule has 0 amide bonds. The van der Waals surface area contributed by atoms with Crippen molar-refractivity contribution in [3.8, 4) is 6.07 Å². The van der Waals surface area contributed by atoms with Crippen LogP contribution in [0.2, 0.25) is 0 Å². The van der Waals surface area contributed by atoms with Gasteiger partial charge in [-0.25, -0.2) is 0 Å². The standard InChI is InChI=1S/C13H18N2/c1-10-5-6-11(13(2,3)4)9-12(10)15-8-7-14/h5-6,9,15H,8H2,1-4H3. The average Bonchev–Trinajstić information content (AvgIpc) is 2.15. The molecule has 0 aliphatic rings. The van der Waals surface area contributed by atoms with Crippen LogP contribution < -0.4 is 5.32 Å². The van der Waals surface area contributed by atoms with Crippen LogP contribution in [0.5, 0.6) is 0 Å². The Hall–Kier alpha value is -1.49. The predicted octanol–water partition coefficient (Wildman–Crippen LogP) is 3.23. The smallest absolute Gasteiger partial charge is 0.103 e. The number of hydrogen-bond donors (Lipinski definition) is 1. The molecule has 0 fully saturated rings. The first-order valence-electron chi connectivity index (χ1n) is 5.17. The van der Waals surface area contributed by atoms with Crippen LogP contribution in [-0.4, -0.2) is 6.54 Å². The maximum atomic E-state index is 8.54. The van der Waals surface area contributed by atoms with Gasteiger partial charge in [0.2, 0.25) is 0 Å². The van der Waals surface area contributed by atoms with Gasteiger partial charge in [-0.1, -0.05) is 32.9 Å². The molecule has 0 bridgehead atoms. The first-order chi connectivity index (χ1) is 6.95. The van der Waals surface area contributed by atoms with Crippen molar-refractivity contribution >= 4 is 5.69 Å². The Morgan fingerprint density at radius 2 is 2.00 bits per heavy atom. The Balaban J connectivity index is 3.01. The molecule has 0 unspecified atom stereocenters. The van der Waals surface area contributed by atoms with Crippen molar-refractivity contribution < 1.29 is 0 Å². The quantitative estimate of drug-likeness (QED) is 0.747. The lowest BCUT2D eigenvalue weighted by atomic mass is 9.86. The van der Waals surface area contributed by atoms with Crippen LogP contribution in [0.15, 0.2) is 18.2 Å². The van der Waals surface area contributed by atoms with E-state index in [0.717, 1.165) is 5.69 Å². The number of benzene rings is 1. The van der Waals surface area contributed by atoms with Gasteiger partial charge in [0, 0.05) is 5.69 Å². The molecule has 0 aliphatic carbocycles. The van der Waals surface area contributed by atoms with E-state index in [0.29, 0.717) is 6.54 Å². The van der Waals surface area contributed by atoms with Crippen molar-refractivity contribution in [2.75, 3.05) is 11.9 Å². The van der Waals surface area contributed by atoms with Gasteiger partial charge in [0.1, 0.15) is 6.54 Å². The second-order valence-corrected chi connectivity index (χ2v) is 4.79. The lowest BCUT2D eigenvalue weighted by Gasteiger charge is -2.20. The minimum Gasteiger partial charge on any atom is -0.372 e. The molecule has 0 saturated carbocycles. The highest BCUT2D eigenvalue weighted by atomic mass is 14.9. The fourth-order valence-corrected chi connectivity index (χ4v) is 1.41. The van der Waals surface area contributed by atoms with Crippen molar-refractivity contribution in [1.29, 1.82) is 5.26 Å². The lowest BCUT2D eigenvalue weighted by molar-refractivity contribution is 0.590. The maximum Gasteiger partial charge on any atom is 0.103 e. The molecule has 0 aromatic heterocycles. The zero-order valence-electron chi connectivity index (χ0n) is 9.89. The van der Waals surface area contributed by atoms with Gasteiger partial charge in [0.15, 0.2) is 0 Å². The summed E-state index contributed by atoms with van der Waals surface area (Å²) < 4.78 is 0. The lowest BCUT2D eigenvalue weighted by Crippen LogP contribution is -2.12. The molecular formula is C13H18N2. The molecule has 0 aliphatic heterocycles. The van der Waals surface area contributed by atoms with E-state index in [2.05, 4.69) is 50.4 Å². The third-order valence-electron chi connectivity index (χ3n) is 2.46. The van der Waals surface area contributed by atoms with E-state index in [-0.39, 0.29) is 5.41 Å². The monoisotopic (exact) mass is 202 g/mol. The predicted molar refractivity (Wildman–Crippen MR) is 64.0 cm³/mol. The minimum absolute atomic E-state index is 0.150. The number of aryl methyl sites for hydroxylation is 1. The fraction of sp³-hybridized carbons (Fsp3) is 0.462. The number of nitrogens with zero attached hydrogens (tertiary/aromatic N) is 1. The minimum atomic E-state index is 0.150. The Bertz CT molecular complexity index is 381. The number of hydrogen-bond acceptors (Lipinski definition) is 2. The Morgan fingerprint density at radius 1 is 1.33 bits per heavy atom. The van der Waals surface area contributed by atoms with Crippen LogP contribution >= 0.6 is 0 Å². The van der Waals surface area contributed by atoms with Crippen molar-refractivity contribution in [2.24, 2.45) is 0 Å². The molecule has 0 saturated heterocycles. The normalized spacial score (nSPS) is 10.9. The summed E-state index contributed by atoms with van der Waals surface area (Å²) in [5, 5.41) is 11.6. The first kappa shape index (κ1) is 11.6. The van der Waals surface area contributed by atoms with E-state index < -0.39 is 0 Å². The third-order valence-corrected chi connectivity index (χ3v) is 2.46. The van der Waals surface area contributed by atoms with E-state index in [1.165, 1.54) is 11.1 Å². The molecule has 1 rings (SSSR count). The van der Waals surface area contributed by atoms with Gasteiger partial charge in [-0.3, -0.25) is 0 Å². The summed E-state index contributed by atoms with van der Waals surface area (Å²) in [7, 11) is 0. The summed E-state index contributed by atoms with van der Waals surface area (Å²) in [4.78, 5) is 0. The van der Waals surface area contributed by atoms with Gasteiger partial charge in [-0.15, -0.1) is 0 Å². The van der Waals surface area contributed by atoms with E-state index in [1.807, 2.05) is 6.92 Å². The topological polar surface area (TPSA) is 35.8 Å². The highest BCUT2D eigenvalue weighted by Gasteiger charge is 2.14. The summed E-state index contributed by atoms with van der Waals surface area (Å²) in [6.07, 6.45) is 0. The molecule has 1 aromatic rings. The Morgan fingerprint density at radius 3 is 2.53 bits per heavy atom. The number of nitrogens with one attached hydrogen (secondary N) is 1. The summed E-state index contributed by atoms with van der Waals surface area (Å²) in [5.74, 6) is 0. The molecule has 1 aromatic carbocycles. The Kier molecular flexibility index (Phi) is 3.36. The molecule has 80 valence electrons. The van der Waals surface area contributed by atoms with Crippen LogP contribution in [0.1, 0.15) is 31.9 Å². The SMILES string of the molecule is Cc1ccc(C(C)(C)C)cc1NCC#N. The van der Waals surface area contributed by atoms with Gasteiger partial charge in [0.25, 0.3) is 0 Å². The summed E-state index contributed by atoms with van der Waals surface area (Å²) in [6.45, 7) is 8.96. The summed E-state index contributed by atoms with van der Waals surface area (Å²) in [6, 6.07) is 8.47. The fourth-order valence-electron chi connectivity index (χ4n) is 1.41. The number of anilines is 1. The van der Waals surface area contributed by atoms with Crippen LogP contribution in [-0.2, 0) is 5.41 Å². The first-order valence-corrected chi connectivity index (χ1v) is 5.17. The molecular weight excluding hydrogens is 184 g/mol. The summed E-state index contributed by atoms with van der Waals surface area (Å²) in [5.41, 5.74) is 3.67. The molecule has 0 radical (unpaired) electrons. The van der Waals surface area contributed by atoms with Crippen molar-refractivity contribution in [1.82, 2.24) is 0 Å². The van der Waals surface area contributed by atoms with Crippen LogP contribution in [0.3, 0.4) is 0 Å². The van der Waals surface area contributed by atoms with Gasteiger partial charge in [0.05, 0.1) is 6.07 Å². The zero-order chi connectivity index (χ0) is 11.5. The zero-order valence-corrected chi connectivity index (χ0v) is 9.89.